The average Bonchev–Trinajstić information content (AvgIpc) is 3.59. The van der Waals surface area contributed by atoms with Gasteiger partial charge in [-0.15, -0.1) is 0 Å². The first kappa shape index (κ1) is 33.7. The maximum atomic E-state index is 14.1. The fraction of sp³-hybridized carbons (Fsp3) is 0.367. The number of aromatic nitrogens is 1. The third-order valence-corrected chi connectivity index (χ3v) is 8.42. The zero-order chi connectivity index (χ0) is 34.5. The number of piperazine rings is 1. The van der Waals surface area contributed by atoms with Crippen LogP contribution in [0.2, 0.25) is 0 Å². The zero-order valence-corrected chi connectivity index (χ0v) is 25.8. The van der Waals surface area contributed by atoms with Gasteiger partial charge in [-0.1, -0.05) is 23.5 Å². The van der Waals surface area contributed by atoms with E-state index in [1.165, 1.54) is 22.1 Å². The summed E-state index contributed by atoms with van der Waals surface area (Å²) in [4.78, 5) is 31.6. The highest BCUT2D eigenvalue weighted by Gasteiger charge is 2.40. The van der Waals surface area contributed by atoms with Crippen molar-refractivity contribution in [2.24, 2.45) is 10.2 Å². The number of hydrogen-bond acceptors (Lipinski definition) is 9. The quantitative estimate of drug-likeness (QED) is 0.370. The topological polar surface area (TPSA) is 128 Å². The van der Waals surface area contributed by atoms with Crippen LogP contribution in [0.3, 0.4) is 0 Å². The molecule has 1 fully saturated rings. The number of aromatic hydroxyl groups is 1. The monoisotopic (exact) mass is 683 g/mol. The lowest BCUT2D eigenvalue weighted by atomic mass is 9.94. The van der Waals surface area contributed by atoms with E-state index < -0.39 is 65.0 Å². The Labute approximate surface area is 266 Å². The van der Waals surface area contributed by atoms with Gasteiger partial charge in [-0.2, -0.15) is 41.5 Å². The molecule has 0 bridgehead atoms. The van der Waals surface area contributed by atoms with E-state index in [0.29, 0.717) is 22.2 Å². The second kappa shape index (κ2) is 12.2. The molecule has 47 heavy (non-hydrogen) atoms. The summed E-state index contributed by atoms with van der Waals surface area (Å²) >= 11 is 0.794. The zero-order valence-electron chi connectivity index (χ0n) is 25.0. The van der Waals surface area contributed by atoms with Crippen LogP contribution in [0.1, 0.15) is 47.9 Å². The van der Waals surface area contributed by atoms with Crippen molar-refractivity contribution in [1.82, 2.24) is 9.88 Å². The van der Waals surface area contributed by atoms with Crippen molar-refractivity contribution in [1.29, 1.82) is 0 Å². The molecule has 3 heterocycles. The third kappa shape index (κ3) is 7.34. The van der Waals surface area contributed by atoms with E-state index in [-0.39, 0.29) is 41.3 Å². The highest BCUT2D eigenvalue weighted by Crippen LogP contribution is 2.41. The Morgan fingerprint density at radius 1 is 1.02 bits per heavy atom. The number of carbonyl (C=O) groups excluding carboxylic acids is 1. The molecule has 0 aliphatic carbocycles. The Balaban J connectivity index is 1.59. The largest absolute Gasteiger partial charge is 0.492 e. The van der Waals surface area contributed by atoms with Crippen molar-refractivity contribution < 1.29 is 50.9 Å². The molecule has 0 spiro atoms. The molecule has 2 aliphatic rings. The molecule has 1 saturated heterocycles. The molecular formula is C30H27F6N5O5S. The van der Waals surface area contributed by atoms with Gasteiger partial charge in [0.1, 0.15) is 11.6 Å². The van der Waals surface area contributed by atoms with Crippen molar-refractivity contribution in [2.45, 2.75) is 51.2 Å². The number of carbonyl (C=O) groups is 2. The first-order valence-corrected chi connectivity index (χ1v) is 14.8. The minimum absolute atomic E-state index is 0.00688. The summed E-state index contributed by atoms with van der Waals surface area (Å²) in [5.74, 6) is -1.93. The third-order valence-electron chi connectivity index (χ3n) is 7.28. The highest BCUT2D eigenvalue weighted by atomic mass is 32.1. The fourth-order valence-corrected chi connectivity index (χ4v) is 6.20. The van der Waals surface area contributed by atoms with Crippen LogP contribution >= 0.6 is 11.3 Å². The molecule has 10 nitrogen and oxygen atoms in total. The summed E-state index contributed by atoms with van der Waals surface area (Å²) < 4.78 is 87.8. The molecule has 3 aromatic rings. The number of fused-ring (bicyclic) bond motifs is 1. The lowest BCUT2D eigenvalue weighted by Gasteiger charge is -2.39. The van der Waals surface area contributed by atoms with E-state index in [0.717, 1.165) is 17.4 Å². The summed E-state index contributed by atoms with van der Waals surface area (Å²) in [5, 5.41) is 29.6. The number of rotatable bonds is 5. The van der Waals surface area contributed by atoms with E-state index in [1.54, 1.807) is 32.9 Å². The number of alkyl halides is 6. The molecule has 0 saturated carbocycles. The number of ether oxygens (including phenoxy) is 1. The second-order valence-corrected chi connectivity index (χ2v) is 12.7. The maximum absolute atomic E-state index is 14.1. The van der Waals surface area contributed by atoms with Crippen LogP contribution in [-0.2, 0) is 28.3 Å². The minimum atomic E-state index is -5.14. The van der Waals surface area contributed by atoms with Gasteiger partial charge in [0.2, 0.25) is 5.88 Å². The number of carboxylic acids is 1. The number of anilines is 1. The molecule has 1 atom stereocenters. The SMILES string of the molecule is CC(C)(C)OC(=O)N1CCN(c2nc(O)c(C(Cc3ccc(C(F)(F)F)cc3C(F)(F)F)=c3ccc4c(c3)C=NN=4)s2)C(C(=O)O)C1. The van der Waals surface area contributed by atoms with Crippen molar-refractivity contribution in [3.8, 4) is 5.88 Å². The Kier molecular flexibility index (Phi) is 8.72. The molecule has 1 amide bonds. The van der Waals surface area contributed by atoms with Gasteiger partial charge in [0.15, 0.2) is 5.13 Å². The fourth-order valence-electron chi connectivity index (χ4n) is 5.10. The highest BCUT2D eigenvalue weighted by molar-refractivity contribution is 7.17. The van der Waals surface area contributed by atoms with E-state index in [4.69, 9.17) is 4.74 Å². The number of amides is 1. The molecule has 5 rings (SSSR count). The van der Waals surface area contributed by atoms with Crippen molar-refractivity contribution in [2.75, 3.05) is 24.5 Å². The molecule has 2 aliphatic heterocycles. The van der Waals surface area contributed by atoms with Gasteiger partial charge in [0.25, 0.3) is 0 Å². The number of benzene rings is 2. The molecule has 2 aromatic carbocycles. The maximum Gasteiger partial charge on any atom is 0.416 e. The normalized spacial score (nSPS) is 17.3. The van der Waals surface area contributed by atoms with Crippen LogP contribution in [0.4, 0.5) is 36.3 Å². The molecule has 2 N–H and O–H groups in total. The molecule has 0 radical (unpaired) electrons. The lowest BCUT2D eigenvalue weighted by molar-refractivity contribution is -0.143. The summed E-state index contributed by atoms with van der Waals surface area (Å²) in [6.07, 6.45) is -10.0. The Morgan fingerprint density at radius 2 is 1.74 bits per heavy atom. The Hall–Kier alpha value is -4.67. The average molecular weight is 684 g/mol. The summed E-state index contributed by atoms with van der Waals surface area (Å²) in [7, 11) is 0. The number of nitrogens with zero attached hydrogens (tertiary/aromatic N) is 5. The van der Waals surface area contributed by atoms with Crippen LogP contribution in [0, 0.1) is 0 Å². The summed E-state index contributed by atoms with van der Waals surface area (Å²) in [6.45, 7) is 4.70. The van der Waals surface area contributed by atoms with Gasteiger partial charge < -0.3 is 24.7 Å². The van der Waals surface area contributed by atoms with Crippen molar-refractivity contribution in [3.05, 3.63) is 74.1 Å². The Bertz CT molecular complexity index is 1880. The summed E-state index contributed by atoms with van der Waals surface area (Å²) in [5.41, 5.74) is -3.71. The van der Waals surface area contributed by atoms with E-state index >= 15 is 0 Å². The van der Waals surface area contributed by atoms with Gasteiger partial charge in [0, 0.05) is 25.1 Å². The molecular weight excluding hydrogens is 656 g/mol. The van der Waals surface area contributed by atoms with Gasteiger partial charge in [0.05, 0.1) is 34.1 Å². The second-order valence-electron chi connectivity index (χ2n) is 11.8. The van der Waals surface area contributed by atoms with E-state index in [2.05, 4.69) is 15.2 Å². The van der Waals surface area contributed by atoms with Gasteiger partial charge in [-0.3, -0.25) is 0 Å². The predicted molar refractivity (Wildman–Crippen MR) is 158 cm³/mol. The smallest absolute Gasteiger partial charge is 0.416 e. The molecule has 17 heteroatoms. The first-order chi connectivity index (χ1) is 21.8. The predicted octanol–water partition coefficient (Wildman–Crippen LogP) is 4.81. The number of carboxylic acid groups (broad SMARTS) is 1. The number of thiazole rings is 1. The number of halogens is 6. The standard InChI is InChI=1S/C30H27F6N5O5S/c1-28(2,3)46-27(45)40-8-9-41(22(14-40)25(43)44)26-38-24(42)23(47-26)19(15-5-7-21-17(10-15)13-37-39-21)11-16-4-6-18(29(31,32)33)12-20(16)30(34,35)36/h4-7,10,12-13,22,42H,8-9,11,14H2,1-3H3,(H,43,44). The van der Waals surface area contributed by atoms with Gasteiger partial charge in [-0.05, 0) is 61.4 Å². The van der Waals surface area contributed by atoms with Crippen LogP contribution < -0.4 is 15.5 Å². The lowest BCUT2D eigenvalue weighted by Crippen LogP contribution is -2.58. The molecule has 1 unspecified atom stereocenters. The van der Waals surface area contributed by atoms with Crippen LogP contribution in [0.5, 0.6) is 5.88 Å². The van der Waals surface area contributed by atoms with Crippen molar-refractivity contribution in [3.63, 3.8) is 0 Å². The van der Waals surface area contributed by atoms with Gasteiger partial charge in [-0.25, -0.2) is 9.59 Å². The van der Waals surface area contributed by atoms with E-state index in [9.17, 15) is 46.1 Å². The molecule has 1 aromatic heterocycles. The van der Waals surface area contributed by atoms with Crippen LogP contribution in [-0.4, -0.2) is 69.7 Å². The van der Waals surface area contributed by atoms with Gasteiger partial charge >= 0.3 is 24.4 Å². The van der Waals surface area contributed by atoms with Crippen LogP contribution in [0.15, 0.2) is 46.6 Å². The Morgan fingerprint density at radius 3 is 2.38 bits per heavy atom. The molecule has 250 valence electrons. The van der Waals surface area contributed by atoms with Crippen LogP contribution in [0.25, 0.3) is 5.57 Å². The van der Waals surface area contributed by atoms with E-state index in [1.807, 2.05) is 0 Å². The number of aliphatic carboxylic acids is 1. The summed E-state index contributed by atoms with van der Waals surface area (Å²) in [6, 6.07) is 4.64. The number of hydrogen-bond donors (Lipinski definition) is 2. The minimum Gasteiger partial charge on any atom is -0.492 e. The first-order valence-electron chi connectivity index (χ1n) is 14.0. The van der Waals surface area contributed by atoms with Crippen molar-refractivity contribution >= 4 is 40.3 Å².